The molecule has 0 aromatic heterocycles. The first-order valence-corrected chi connectivity index (χ1v) is 9.54. The Bertz CT molecular complexity index is 944. The van der Waals surface area contributed by atoms with E-state index in [1.807, 2.05) is 0 Å². The molecule has 0 bridgehead atoms. The summed E-state index contributed by atoms with van der Waals surface area (Å²) in [5.74, 6) is -0.561. The van der Waals surface area contributed by atoms with Crippen LogP contribution in [0.25, 0.3) is 0 Å². The Labute approximate surface area is 159 Å². The van der Waals surface area contributed by atoms with Gasteiger partial charge in [-0.1, -0.05) is 0 Å². The van der Waals surface area contributed by atoms with E-state index in [1.54, 1.807) is 0 Å². The number of carbonyl (C=O) groups excluding carboxylic acids is 1. The van der Waals surface area contributed by atoms with Crippen molar-refractivity contribution < 1.29 is 35.3 Å². The molecule has 0 aliphatic rings. The van der Waals surface area contributed by atoms with E-state index in [0.717, 1.165) is 25.3 Å². The number of carbonyl (C=O) groups is 1. The van der Waals surface area contributed by atoms with Gasteiger partial charge in [0.1, 0.15) is 11.5 Å². The molecule has 1 unspecified atom stereocenters. The molecule has 3 N–H and O–H groups in total. The minimum absolute atomic E-state index is 0.191. The van der Waals surface area contributed by atoms with Crippen molar-refractivity contribution in [2.45, 2.75) is 18.8 Å². The molecule has 0 radical (unpaired) electrons. The number of nitrogens with two attached hydrogens (primary N) is 1. The monoisotopic (exact) mass is 418 g/mol. The Balaban J connectivity index is 2.11. The molecule has 0 heterocycles. The molecule has 2 aromatic carbocycles. The number of halogens is 3. The third-order valence-electron chi connectivity index (χ3n) is 3.44. The van der Waals surface area contributed by atoms with Crippen molar-refractivity contribution in [1.29, 1.82) is 0 Å². The Kier molecular flexibility index (Phi) is 5.90. The fraction of sp³-hybridized carbons (Fsp3) is 0.235. The van der Waals surface area contributed by atoms with Crippen molar-refractivity contribution in [3.8, 4) is 11.5 Å². The van der Waals surface area contributed by atoms with Gasteiger partial charge in [-0.3, -0.25) is 4.79 Å². The van der Waals surface area contributed by atoms with Crippen LogP contribution < -0.4 is 15.8 Å². The summed E-state index contributed by atoms with van der Waals surface area (Å²) in [4.78, 5) is 11.6. The molecule has 2 rings (SSSR count). The van der Waals surface area contributed by atoms with Gasteiger partial charge in [0.15, 0.2) is 0 Å². The predicted molar refractivity (Wildman–Crippen MR) is 95.1 cm³/mol. The van der Waals surface area contributed by atoms with Crippen LogP contribution in [-0.2, 0) is 25.3 Å². The minimum atomic E-state index is -4.44. The minimum Gasteiger partial charge on any atom is -0.457 e. The highest BCUT2D eigenvalue weighted by atomic mass is 32.2. The van der Waals surface area contributed by atoms with Crippen molar-refractivity contribution in [1.82, 2.24) is 0 Å². The highest BCUT2D eigenvalue weighted by Crippen LogP contribution is 2.31. The van der Waals surface area contributed by atoms with Crippen LogP contribution in [0.5, 0.6) is 11.5 Å². The lowest BCUT2D eigenvalue weighted by Gasteiger charge is -2.27. The average Bonchev–Trinajstić information content (AvgIpc) is 2.54. The summed E-state index contributed by atoms with van der Waals surface area (Å²) in [5.41, 5.74) is 2.70. The number of amides is 1. The van der Waals surface area contributed by atoms with Crippen LogP contribution >= 0.6 is 0 Å². The van der Waals surface area contributed by atoms with E-state index in [1.165, 1.54) is 36.4 Å². The molecule has 28 heavy (non-hydrogen) atoms. The predicted octanol–water partition coefficient (Wildman–Crippen LogP) is 3.09. The number of hydrogen-bond donors (Lipinski definition) is 2. The highest BCUT2D eigenvalue weighted by molar-refractivity contribution is 7.86. The molecule has 0 saturated heterocycles. The van der Waals surface area contributed by atoms with E-state index in [4.69, 9.17) is 14.7 Å². The van der Waals surface area contributed by atoms with Crippen LogP contribution in [0.2, 0.25) is 0 Å². The topological polar surface area (TPSA) is 108 Å². The van der Waals surface area contributed by atoms with E-state index >= 15 is 0 Å². The molecule has 0 spiro atoms. The van der Waals surface area contributed by atoms with Crippen molar-refractivity contribution >= 4 is 21.7 Å². The van der Waals surface area contributed by atoms with Crippen molar-refractivity contribution in [2.75, 3.05) is 11.6 Å². The normalized spacial score (nSPS) is 14.2. The number of nitrogens with one attached hydrogen (secondary N) is 1. The maximum atomic E-state index is 12.6. The third-order valence-corrected chi connectivity index (χ3v) is 4.08. The van der Waals surface area contributed by atoms with Gasteiger partial charge >= 0.3 is 6.18 Å². The Morgan fingerprint density at radius 2 is 1.46 bits per heavy atom. The zero-order chi connectivity index (χ0) is 21.2. The van der Waals surface area contributed by atoms with Gasteiger partial charge < -0.3 is 15.8 Å². The molecule has 7 nitrogen and oxygen atoms in total. The van der Waals surface area contributed by atoms with Crippen molar-refractivity contribution in [3.05, 3.63) is 54.1 Å². The maximum Gasteiger partial charge on any atom is 0.416 e. The van der Waals surface area contributed by atoms with Crippen molar-refractivity contribution in [3.63, 3.8) is 0 Å². The number of hydrogen-bond acceptors (Lipinski definition) is 6. The highest BCUT2D eigenvalue weighted by Gasteiger charge is 2.36. The van der Waals surface area contributed by atoms with E-state index in [2.05, 4.69) is 5.32 Å². The van der Waals surface area contributed by atoms with Crippen LogP contribution in [0, 0.1) is 0 Å². The van der Waals surface area contributed by atoms with Gasteiger partial charge in [0.05, 0.1) is 11.8 Å². The quantitative estimate of drug-likeness (QED) is 0.529. The largest absolute Gasteiger partial charge is 0.457 e. The summed E-state index contributed by atoms with van der Waals surface area (Å²) in [6, 6.07) is 9.97. The number of benzene rings is 2. The lowest BCUT2D eigenvalue weighted by molar-refractivity contribution is -0.137. The molecule has 0 fully saturated rings. The van der Waals surface area contributed by atoms with Gasteiger partial charge in [-0.05, 0) is 55.5 Å². The smallest absolute Gasteiger partial charge is 0.416 e. The fourth-order valence-corrected chi connectivity index (χ4v) is 2.89. The number of primary amides is 1. The van der Waals surface area contributed by atoms with Crippen LogP contribution in [0.15, 0.2) is 48.5 Å². The standard InChI is InChI=1S/C17H17F3N2O5S/c1-16(15(21)23,27-28(2,24)25)22-12-5-9-14(10-6-12)26-13-7-3-11(4-8-13)17(18,19)20/h3-10,22H,1-2H3,(H2,21,23). The molecule has 11 heteroatoms. The molecule has 152 valence electrons. The summed E-state index contributed by atoms with van der Waals surface area (Å²) in [6.07, 6.45) is -3.66. The van der Waals surface area contributed by atoms with Crippen LogP contribution in [-0.4, -0.2) is 26.3 Å². The average molecular weight is 418 g/mol. The first kappa shape index (κ1) is 21.5. The third kappa shape index (κ3) is 5.86. The van der Waals surface area contributed by atoms with Gasteiger partial charge in [-0.2, -0.15) is 21.6 Å². The molecular formula is C17H17F3N2O5S. The molecule has 0 aliphatic carbocycles. The second kappa shape index (κ2) is 7.68. The van der Waals surface area contributed by atoms with Gasteiger partial charge in [-0.25, -0.2) is 4.18 Å². The van der Waals surface area contributed by atoms with E-state index in [-0.39, 0.29) is 5.75 Å². The maximum absolute atomic E-state index is 12.6. The molecule has 1 amide bonds. The summed E-state index contributed by atoms with van der Waals surface area (Å²) < 4.78 is 70.5. The number of anilines is 1. The van der Waals surface area contributed by atoms with Gasteiger partial charge in [0, 0.05) is 5.69 Å². The first-order valence-electron chi connectivity index (χ1n) is 7.72. The number of rotatable bonds is 7. The lowest BCUT2D eigenvalue weighted by atomic mass is 10.2. The van der Waals surface area contributed by atoms with Crippen LogP contribution in [0.1, 0.15) is 12.5 Å². The summed E-state index contributed by atoms with van der Waals surface area (Å²) in [7, 11) is -3.98. The number of ether oxygens (including phenoxy) is 1. The zero-order valence-corrected chi connectivity index (χ0v) is 15.6. The van der Waals surface area contributed by atoms with Crippen LogP contribution in [0.3, 0.4) is 0 Å². The molecule has 1 atom stereocenters. The van der Waals surface area contributed by atoms with E-state index in [9.17, 15) is 26.4 Å². The zero-order valence-electron chi connectivity index (χ0n) is 14.8. The summed E-state index contributed by atoms with van der Waals surface area (Å²) in [5, 5.41) is 2.57. The summed E-state index contributed by atoms with van der Waals surface area (Å²) >= 11 is 0. The molecule has 0 aliphatic heterocycles. The molecule has 0 saturated carbocycles. The lowest BCUT2D eigenvalue weighted by Crippen LogP contribution is -2.51. The fourth-order valence-electron chi connectivity index (χ4n) is 2.16. The van der Waals surface area contributed by atoms with Gasteiger partial charge in [0.2, 0.25) is 5.72 Å². The Hall–Kier alpha value is -2.79. The first-order chi connectivity index (χ1) is 12.8. The number of alkyl halides is 3. The van der Waals surface area contributed by atoms with Gasteiger partial charge in [0.25, 0.3) is 16.0 Å². The second-order valence-corrected chi connectivity index (χ2v) is 7.53. The van der Waals surface area contributed by atoms with E-state index < -0.39 is 33.5 Å². The summed E-state index contributed by atoms with van der Waals surface area (Å²) in [6.45, 7) is 1.16. The Morgan fingerprint density at radius 3 is 1.86 bits per heavy atom. The van der Waals surface area contributed by atoms with Crippen molar-refractivity contribution in [2.24, 2.45) is 5.73 Å². The molecule has 2 aromatic rings. The second-order valence-electron chi connectivity index (χ2n) is 5.96. The Morgan fingerprint density at radius 1 is 1.00 bits per heavy atom. The SMILES string of the molecule is CC(Nc1ccc(Oc2ccc(C(F)(F)F)cc2)cc1)(OS(C)(=O)=O)C(N)=O. The molecular weight excluding hydrogens is 401 g/mol. The van der Waals surface area contributed by atoms with Gasteiger partial charge in [-0.15, -0.1) is 0 Å². The van der Waals surface area contributed by atoms with Crippen LogP contribution in [0.4, 0.5) is 18.9 Å². The van der Waals surface area contributed by atoms with E-state index in [0.29, 0.717) is 11.4 Å².